The highest BCUT2D eigenvalue weighted by molar-refractivity contribution is 5.90. The van der Waals surface area contributed by atoms with E-state index in [1.165, 1.54) is 0 Å². The zero-order valence-corrected chi connectivity index (χ0v) is 12.3. The number of benzene rings is 1. The molecule has 0 bridgehead atoms. The SMILES string of the molecule is COc1c(F)c(F)cc(C(=O)OC2(C)C=CC=CC2C)c1F. The first-order valence-electron chi connectivity index (χ1n) is 6.61. The molecule has 1 aliphatic carbocycles. The molecule has 0 spiro atoms. The summed E-state index contributed by atoms with van der Waals surface area (Å²) in [6, 6.07) is 0.464. The average Bonchev–Trinajstić information content (AvgIpc) is 2.46. The van der Waals surface area contributed by atoms with Gasteiger partial charge in [0.25, 0.3) is 0 Å². The van der Waals surface area contributed by atoms with Crippen LogP contribution in [0.2, 0.25) is 0 Å². The van der Waals surface area contributed by atoms with E-state index in [1.807, 2.05) is 13.0 Å². The highest BCUT2D eigenvalue weighted by Crippen LogP contribution is 2.32. The summed E-state index contributed by atoms with van der Waals surface area (Å²) >= 11 is 0. The lowest BCUT2D eigenvalue weighted by Gasteiger charge is -2.32. The molecule has 2 unspecified atom stereocenters. The fraction of sp³-hybridized carbons (Fsp3) is 0.312. The number of ether oxygens (including phenoxy) is 2. The van der Waals surface area contributed by atoms with E-state index in [-0.39, 0.29) is 5.92 Å². The maximum atomic E-state index is 14.1. The van der Waals surface area contributed by atoms with Gasteiger partial charge in [0.2, 0.25) is 5.82 Å². The fourth-order valence-electron chi connectivity index (χ4n) is 2.11. The molecule has 2 atom stereocenters. The lowest BCUT2D eigenvalue weighted by atomic mass is 9.86. The van der Waals surface area contributed by atoms with Crippen LogP contribution in [0.5, 0.6) is 5.75 Å². The van der Waals surface area contributed by atoms with Crippen molar-refractivity contribution in [1.29, 1.82) is 0 Å². The van der Waals surface area contributed by atoms with Crippen molar-refractivity contribution < 1.29 is 27.4 Å². The molecule has 0 fully saturated rings. The third-order valence-corrected chi connectivity index (χ3v) is 3.69. The summed E-state index contributed by atoms with van der Waals surface area (Å²) in [6.07, 6.45) is 6.94. The number of rotatable bonds is 3. The molecule has 0 saturated carbocycles. The summed E-state index contributed by atoms with van der Waals surface area (Å²) in [7, 11) is 0.980. The molecule has 3 nitrogen and oxygen atoms in total. The van der Waals surface area contributed by atoms with Gasteiger partial charge in [-0.05, 0) is 19.1 Å². The number of halogens is 3. The highest BCUT2D eigenvalue weighted by atomic mass is 19.2. The van der Waals surface area contributed by atoms with E-state index in [4.69, 9.17) is 4.74 Å². The third-order valence-electron chi connectivity index (χ3n) is 3.69. The summed E-state index contributed by atoms with van der Waals surface area (Å²) in [5.41, 5.74) is -1.72. The number of methoxy groups -OCH3 is 1. The Bertz CT molecular complexity index is 667. The van der Waals surface area contributed by atoms with Gasteiger partial charge in [-0.25, -0.2) is 13.6 Å². The van der Waals surface area contributed by atoms with Crippen molar-refractivity contribution in [3.63, 3.8) is 0 Å². The van der Waals surface area contributed by atoms with Crippen molar-refractivity contribution in [2.75, 3.05) is 7.11 Å². The van der Waals surface area contributed by atoms with Gasteiger partial charge in [-0.15, -0.1) is 0 Å². The predicted octanol–water partition coefficient (Wildman–Crippen LogP) is 3.79. The fourth-order valence-corrected chi connectivity index (χ4v) is 2.11. The van der Waals surface area contributed by atoms with E-state index in [0.29, 0.717) is 6.07 Å². The Morgan fingerprint density at radius 2 is 1.91 bits per heavy atom. The lowest BCUT2D eigenvalue weighted by molar-refractivity contribution is -0.00360. The maximum absolute atomic E-state index is 14.1. The van der Waals surface area contributed by atoms with E-state index in [0.717, 1.165) is 7.11 Å². The first-order chi connectivity index (χ1) is 10.3. The summed E-state index contributed by atoms with van der Waals surface area (Å²) in [5.74, 6) is -6.37. The second kappa shape index (κ2) is 5.87. The van der Waals surface area contributed by atoms with Gasteiger partial charge >= 0.3 is 5.97 Å². The van der Waals surface area contributed by atoms with Gasteiger partial charge in [-0.1, -0.05) is 25.2 Å². The second-order valence-corrected chi connectivity index (χ2v) is 5.17. The Balaban J connectivity index is 2.37. The largest absolute Gasteiger partial charge is 0.491 e. The van der Waals surface area contributed by atoms with E-state index < -0.39 is 40.3 Å². The van der Waals surface area contributed by atoms with Crippen molar-refractivity contribution in [3.05, 3.63) is 53.4 Å². The average molecular weight is 312 g/mol. The van der Waals surface area contributed by atoms with Gasteiger partial charge in [0.1, 0.15) is 11.2 Å². The maximum Gasteiger partial charge on any atom is 0.342 e. The Kier molecular flexibility index (Phi) is 4.30. The van der Waals surface area contributed by atoms with E-state index in [2.05, 4.69) is 4.74 Å². The van der Waals surface area contributed by atoms with Gasteiger partial charge in [0.05, 0.1) is 7.11 Å². The zero-order valence-electron chi connectivity index (χ0n) is 12.3. The van der Waals surface area contributed by atoms with E-state index >= 15 is 0 Å². The molecular formula is C16H15F3O3. The van der Waals surface area contributed by atoms with Crippen LogP contribution in [-0.2, 0) is 4.74 Å². The van der Waals surface area contributed by atoms with Crippen LogP contribution in [0, 0.1) is 23.4 Å². The Morgan fingerprint density at radius 1 is 1.23 bits per heavy atom. The van der Waals surface area contributed by atoms with E-state index in [1.54, 1.807) is 25.2 Å². The monoisotopic (exact) mass is 312 g/mol. The summed E-state index contributed by atoms with van der Waals surface area (Å²) in [4.78, 5) is 12.2. The molecule has 118 valence electrons. The quantitative estimate of drug-likeness (QED) is 0.629. The molecule has 0 saturated heterocycles. The van der Waals surface area contributed by atoms with Gasteiger partial charge in [0, 0.05) is 5.92 Å². The first-order valence-corrected chi connectivity index (χ1v) is 6.61. The topological polar surface area (TPSA) is 35.5 Å². The molecule has 0 amide bonds. The smallest absolute Gasteiger partial charge is 0.342 e. The van der Waals surface area contributed by atoms with Crippen LogP contribution >= 0.6 is 0 Å². The number of esters is 1. The highest BCUT2D eigenvalue weighted by Gasteiger charge is 2.34. The van der Waals surface area contributed by atoms with Crippen LogP contribution in [-0.4, -0.2) is 18.7 Å². The first kappa shape index (κ1) is 16.1. The molecule has 1 aromatic carbocycles. The molecule has 1 aliphatic rings. The second-order valence-electron chi connectivity index (χ2n) is 5.17. The van der Waals surface area contributed by atoms with Crippen LogP contribution in [0.3, 0.4) is 0 Å². The summed E-state index contributed by atoms with van der Waals surface area (Å²) < 4.78 is 50.7. The number of carbonyl (C=O) groups excluding carboxylic acids is 1. The third kappa shape index (κ3) is 2.73. The summed E-state index contributed by atoms with van der Waals surface area (Å²) in [6.45, 7) is 3.46. The minimum atomic E-state index is -1.49. The molecule has 22 heavy (non-hydrogen) atoms. The Labute approximate surface area is 126 Å². The standard InChI is InChI=1S/C16H15F3O3/c1-9-6-4-5-7-16(9,2)22-15(20)10-8-11(17)13(19)14(21-3)12(10)18/h4-9H,1-3H3. The van der Waals surface area contributed by atoms with Crippen molar-refractivity contribution in [2.24, 2.45) is 5.92 Å². The predicted molar refractivity (Wildman–Crippen MR) is 74.1 cm³/mol. The Morgan fingerprint density at radius 3 is 2.50 bits per heavy atom. The molecule has 6 heteroatoms. The van der Waals surface area contributed by atoms with Gasteiger partial charge < -0.3 is 9.47 Å². The van der Waals surface area contributed by atoms with Gasteiger partial charge in [-0.3, -0.25) is 0 Å². The molecule has 0 N–H and O–H groups in total. The van der Waals surface area contributed by atoms with Crippen molar-refractivity contribution >= 4 is 5.97 Å². The van der Waals surface area contributed by atoms with E-state index in [9.17, 15) is 18.0 Å². The minimum absolute atomic E-state index is 0.156. The minimum Gasteiger partial charge on any atom is -0.491 e. The number of hydrogen-bond donors (Lipinski definition) is 0. The number of carbonyl (C=O) groups is 1. The van der Waals surface area contributed by atoms with Crippen LogP contribution in [0.1, 0.15) is 24.2 Å². The van der Waals surface area contributed by atoms with Gasteiger partial charge in [0.15, 0.2) is 17.4 Å². The summed E-state index contributed by atoms with van der Waals surface area (Å²) in [5, 5.41) is 0. The molecule has 0 heterocycles. The molecule has 0 radical (unpaired) electrons. The van der Waals surface area contributed by atoms with Crippen LogP contribution in [0.25, 0.3) is 0 Å². The van der Waals surface area contributed by atoms with Crippen molar-refractivity contribution in [1.82, 2.24) is 0 Å². The van der Waals surface area contributed by atoms with Crippen molar-refractivity contribution in [3.8, 4) is 5.75 Å². The molecule has 1 aromatic rings. The molecular weight excluding hydrogens is 297 g/mol. The number of allylic oxidation sites excluding steroid dienone is 2. The van der Waals surface area contributed by atoms with Gasteiger partial charge in [-0.2, -0.15) is 4.39 Å². The number of hydrogen-bond acceptors (Lipinski definition) is 3. The van der Waals surface area contributed by atoms with Crippen molar-refractivity contribution in [2.45, 2.75) is 19.4 Å². The lowest BCUT2D eigenvalue weighted by Crippen LogP contribution is -2.37. The van der Waals surface area contributed by atoms with Crippen LogP contribution < -0.4 is 4.74 Å². The normalized spacial score (nSPS) is 23.5. The Hall–Kier alpha value is -2.24. The molecule has 0 aromatic heterocycles. The molecule has 2 rings (SSSR count). The van der Waals surface area contributed by atoms with Crippen LogP contribution in [0.4, 0.5) is 13.2 Å². The molecule has 0 aliphatic heterocycles. The zero-order chi connectivity index (χ0) is 16.5. The van der Waals surface area contributed by atoms with Crippen LogP contribution in [0.15, 0.2) is 30.4 Å².